The van der Waals surface area contributed by atoms with Crippen LogP contribution < -0.4 is 17.2 Å². The summed E-state index contributed by atoms with van der Waals surface area (Å²) >= 11 is 0. The fourth-order valence-electron chi connectivity index (χ4n) is 1.16. The minimum absolute atomic E-state index is 0.365. The largest absolute Gasteiger partial charge is 0.379 e. The zero-order chi connectivity index (χ0) is 13.3. The average molecular weight is 247 g/mol. The van der Waals surface area contributed by atoms with Crippen LogP contribution in [0.5, 0.6) is 0 Å². The van der Waals surface area contributed by atoms with Crippen LogP contribution >= 0.6 is 0 Å². The molecule has 0 aromatic rings. The Balaban J connectivity index is 3.65. The lowest BCUT2D eigenvalue weighted by Crippen LogP contribution is -2.46. The highest BCUT2D eigenvalue weighted by Crippen LogP contribution is 2.04. The smallest absolute Gasteiger partial charge is 0.0666 e. The van der Waals surface area contributed by atoms with Gasteiger partial charge in [-0.1, -0.05) is 13.8 Å². The molecule has 0 aromatic heterocycles. The van der Waals surface area contributed by atoms with Crippen LogP contribution in [-0.2, 0) is 9.47 Å². The molecular formula is C12H29N3O2. The van der Waals surface area contributed by atoms with Crippen LogP contribution in [0.2, 0.25) is 0 Å². The molecule has 0 amide bonds. The van der Waals surface area contributed by atoms with Gasteiger partial charge in [-0.05, 0) is 31.8 Å². The van der Waals surface area contributed by atoms with Crippen molar-refractivity contribution in [2.24, 2.45) is 29.0 Å². The third-order valence-electron chi connectivity index (χ3n) is 2.47. The van der Waals surface area contributed by atoms with Crippen molar-refractivity contribution in [1.82, 2.24) is 0 Å². The molecule has 0 heterocycles. The lowest BCUT2D eigenvalue weighted by molar-refractivity contribution is 0.0136. The second kappa shape index (κ2) is 8.83. The molecule has 0 aliphatic heterocycles. The molecule has 6 N–H and O–H groups in total. The molecule has 0 aromatic carbocycles. The summed E-state index contributed by atoms with van der Waals surface area (Å²) in [6.45, 7) is 9.53. The summed E-state index contributed by atoms with van der Waals surface area (Å²) in [7, 11) is 0. The van der Waals surface area contributed by atoms with Crippen molar-refractivity contribution in [3.63, 3.8) is 0 Å². The van der Waals surface area contributed by atoms with E-state index < -0.39 is 5.54 Å². The van der Waals surface area contributed by atoms with E-state index in [0.29, 0.717) is 51.4 Å². The minimum Gasteiger partial charge on any atom is -0.379 e. The Bertz CT molecular complexity index is 171. The third-order valence-corrected chi connectivity index (χ3v) is 2.47. The quantitative estimate of drug-likeness (QED) is 0.502. The summed E-state index contributed by atoms with van der Waals surface area (Å²) in [5, 5.41) is 0. The predicted molar refractivity (Wildman–Crippen MR) is 70.7 cm³/mol. The molecule has 2 unspecified atom stereocenters. The maximum atomic E-state index is 6.06. The summed E-state index contributed by atoms with van der Waals surface area (Å²) in [4.78, 5) is 0. The van der Waals surface area contributed by atoms with Crippen LogP contribution in [0.1, 0.15) is 20.8 Å². The van der Waals surface area contributed by atoms with E-state index in [0.717, 1.165) is 0 Å². The van der Waals surface area contributed by atoms with Gasteiger partial charge in [0.25, 0.3) is 0 Å². The third kappa shape index (κ3) is 9.50. The van der Waals surface area contributed by atoms with Gasteiger partial charge in [0.15, 0.2) is 0 Å². The first-order valence-corrected chi connectivity index (χ1v) is 6.25. The molecule has 0 rings (SSSR count). The molecule has 0 saturated heterocycles. The molecule has 0 spiro atoms. The lowest BCUT2D eigenvalue weighted by Gasteiger charge is -2.25. The van der Waals surface area contributed by atoms with Gasteiger partial charge in [-0.3, -0.25) is 0 Å². The SMILES string of the molecule is CC(CN)COCC(C)(N)COCC(C)CN. The second-order valence-corrected chi connectivity index (χ2v) is 5.37. The summed E-state index contributed by atoms with van der Waals surface area (Å²) in [5.41, 5.74) is 16.6. The van der Waals surface area contributed by atoms with Crippen molar-refractivity contribution in [2.75, 3.05) is 39.5 Å². The Morgan fingerprint density at radius 1 is 0.941 bits per heavy atom. The zero-order valence-corrected chi connectivity index (χ0v) is 11.4. The van der Waals surface area contributed by atoms with Crippen molar-refractivity contribution >= 4 is 0 Å². The van der Waals surface area contributed by atoms with E-state index in [-0.39, 0.29) is 0 Å². The topological polar surface area (TPSA) is 96.5 Å². The Labute approximate surface area is 105 Å². The minimum atomic E-state index is -0.456. The Morgan fingerprint density at radius 3 is 1.59 bits per heavy atom. The maximum Gasteiger partial charge on any atom is 0.0666 e. The maximum absolute atomic E-state index is 6.06. The highest BCUT2D eigenvalue weighted by Gasteiger charge is 2.19. The zero-order valence-electron chi connectivity index (χ0n) is 11.4. The fourth-order valence-corrected chi connectivity index (χ4v) is 1.16. The molecule has 0 fully saturated rings. The van der Waals surface area contributed by atoms with Gasteiger partial charge in [0.1, 0.15) is 0 Å². The molecule has 104 valence electrons. The van der Waals surface area contributed by atoms with Crippen molar-refractivity contribution in [1.29, 1.82) is 0 Å². The van der Waals surface area contributed by atoms with E-state index in [4.69, 9.17) is 26.7 Å². The molecule has 0 aliphatic carbocycles. The van der Waals surface area contributed by atoms with E-state index in [9.17, 15) is 0 Å². The molecule has 0 saturated carbocycles. The van der Waals surface area contributed by atoms with Crippen LogP contribution in [-0.4, -0.2) is 45.1 Å². The van der Waals surface area contributed by atoms with Crippen molar-refractivity contribution in [3.8, 4) is 0 Å². The van der Waals surface area contributed by atoms with E-state index in [1.54, 1.807) is 0 Å². The van der Waals surface area contributed by atoms with Gasteiger partial charge in [-0.25, -0.2) is 0 Å². The van der Waals surface area contributed by atoms with Crippen molar-refractivity contribution < 1.29 is 9.47 Å². The van der Waals surface area contributed by atoms with Gasteiger partial charge in [0.2, 0.25) is 0 Å². The van der Waals surface area contributed by atoms with Gasteiger partial charge in [0.05, 0.1) is 32.0 Å². The fraction of sp³-hybridized carbons (Fsp3) is 1.00. The Morgan fingerprint density at radius 2 is 1.29 bits per heavy atom. The number of nitrogens with two attached hydrogens (primary N) is 3. The second-order valence-electron chi connectivity index (χ2n) is 5.37. The van der Waals surface area contributed by atoms with Crippen LogP contribution in [0, 0.1) is 11.8 Å². The van der Waals surface area contributed by atoms with Crippen LogP contribution in [0.15, 0.2) is 0 Å². The van der Waals surface area contributed by atoms with Gasteiger partial charge in [-0.15, -0.1) is 0 Å². The number of ether oxygens (including phenoxy) is 2. The molecule has 2 atom stereocenters. The first kappa shape index (κ1) is 16.8. The van der Waals surface area contributed by atoms with Crippen molar-refractivity contribution in [2.45, 2.75) is 26.3 Å². The first-order chi connectivity index (χ1) is 7.91. The average Bonchev–Trinajstić information content (AvgIpc) is 2.27. The molecule has 0 bridgehead atoms. The van der Waals surface area contributed by atoms with E-state index >= 15 is 0 Å². The number of hydrogen-bond acceptors (Lipinski definition) is 5. The van der Waals surface area contributed by atoms with E-state index in [1.165, 1.54) is 0 Å². The molecule has 17 heavy (non-hydrogen) atoms. The monoisotopic (exact) mass is 247 g/mol. The Hall–Kier alpha value is -0.200. The summed E-state index contributed by atoms with van der Waals surface area (Å²) < 4.78 is 11.1. The molecule has 0 aliphatic rings. The molecule has 5 heteroatoms. The molecule has 0 radical (unpaired) electrons. The lowest BCUT2D eigenvalue weighted by atomic mass is 10.1. The van der Waals surface area contributed by atoms with Crippen LogP contribution in [0.3, 0.4) is 0 Å². The normalized spacial score (nSPS) is 18.7. The van der Waals surface area contributed by atoms with Gasteiger partial charge < -0.3 is 26.7 Å². The van der Waals surface area contributed by atoms with Gasteiger partial charge in [0, 0.05) is 0 Å². The summed E-state index contributed by atoms with van der Waals surface area (Å²) in [6.07, 6.45) is 0. The molecule has 5 nitrogen and oxygen atoms in total. The number of hydrogen-bond donors (Lipinski definition) is 3. The van der Waals surface area contributed by atoms with Crippen LogP contribution in [0.4, 0.5) is 0 Å². The van der Waals surface area contributed by atoms with Gasteiger partial charge >= 0.3 is 0 Å². The first-order valence-electron chi connectivity index (χ1n) is 6.25. The summed E-state index contributed by atoms with van der Waals surface area (Å²) in [6, 6.07) is 0. The van der Waals surface area contributed by atoms with Gasteiger partial charge in [-0.2, -0.15) is 0 Å². The highest BCUT2D eigenvalue weighted by atomic mass is 16.5. The Kier molecular flexibility index (Phi) is 8.72. The van der Waals surface area contributed by atoms with E-state index in [2.05, 4.69) is 0 Å². The van der Waals surface area contributed by atoms with Crippen molar-refractivity contribution in [3.05, 3.63) is 0 Å². The highest BCUT2D eigenvalue weighted by molar-refractivity contribution is 4.78. The van der Waals surface area contributed by atoms with Crippen LogP contribution in [0.25, 0.3) is 0 Å². The molecular weight excluding hydrogens is 218 g/mol. The van der Waals surface area contributed by atoms with E-state index in [1.807, 2.05) is 20.8 Å². The number of rotatable bonds is 10. The summed E-state index contributed by atoms with van der Waals surface area (Å²) in [5.74, 6) is 0.730. The standard InChI is InChI=1S/C12H29N3O2/c1-10(4-13)6-16-8-12(3,15)9-17-7-11(2)5-14/h10-11H,4-9,13-15H2,1-3H3. The predicted octanol–water partition coefficient (Wildman–Crippen LogP) is -0.0734.